The SMILES string of the molecule is CN(C)c1cccc2c(C#Cc3cccc4c(C#Cc5cccc6c(C#CC#Cc7cccc8c(C#Cc9cccc%10c(C#Cc%11cccc%12c(N(C)C)cccc%11%12)cccc9%10)cccc78)cccc56)cccc34)cccc12. The van der Waals surface area contributed by atoms with Crippen molar-refractivity contribution in [1.82, 2.24) is 0 Å². The van der Waals surface area contributed by atoms with Gasteiger partial charge in [-0.15, -0.1) is 0 Å². The highest BCUT2D eigenvalue weighted by Crippen LogP contribution is 2.31. The Morgan fingerprint density at radius 2 is 0.333 bits per heavy atom. The third-order valence-electron chi connectivity index (χ3n) is 14.2. The lowest BCUT2D eigenvalue weighted by molar-refractivity contribution is 1.14. The van der Waals surface area contributed by atoms with Crippen LogP contribution in [0, 0.1) is 71.0 Å². The first-order valence-electron chi connectivity index (χ1n) is 25.9. The topological polar surface area (TPSA) is 6.48 Å². The highest BCUT2D eigenvalue weighted by atomic mass is 15.1. The van der Waals surface area contributed by atoms with Crippen LogP contribution in [-0.4, -0.2) is 28.2 Å². The Labute approximate surface area is 456 Å². The quantitative estimate of drug-likeness (QED) is 0.159. The van der Waals surface area contributed by atoms with Gasteiger partial charge in [0, 0.05) is 106 Å². The first kappa shape index (κ1) is 48.1. The molecule has 12 aromatic rings. The van der Waals surface area contributed by atoms with Crippen LogP contribution in [0.1, 0.15) is 55.6 Å². The molecular formula is C76H48N2. The number of nitrogens with zero attached hydrogens (tertiary/aromatic N) is 2. The van der Waals surface area contributed by atoms with Gasteiger partial charge in [-0.05, 0) is 138 Å². The lowest BCUT2D eigenvalue weighted by Gasteiger charge is -2.15. The number of fused-ring (bicyclic) bond motifs is 6. The molecule has 0 aliphatic heterocycles. The highest BCUT2D eigenvalue weighted by molar-refractivity contribution is 6.01. The highest BCUT2D eigenvalue weighted by Gasteiger charge is 2.10. The van der Waals surface area contributed by atoms with Crippen LogP contribution in [0.25, 0.3) is 64.6 Å². The summed E-state index contributed by atoms with van der Waals surface area (Å²) in [6, 6.07) is 75.4. The summed E-state index contributed by atoms with van der Waals surface area (Å²) < 4.78 is 0. The normalized spacial score (nSPS) is 10.5. The fourth-order valence-corrected chi connectivity index (χ4v) is 10.4. The van der Waals surface area contributed by atoms with Gasteiger partial charge in [0.2, 0.25) is 0 Å². The standard InChI is InChI=1S/C76H48N2/c1-77(2)75-43-17-39-71-61(29-15-41-73(71)75)51-49-59-27-13-35-67-57(25-11-37-69(59)67)47-45-55-23-9-31-63-53(21-7-33-65(55)63)19-5-6-20-54-22-8-34-66-56(24-10-32-64(54)66)46-48-58-26-12-38-70-60(28-14-36-68(58)70)50-52-62-30-16-42-74-72(62)40-18-44-76(74)78(3)4/h7-18,21-44H,1-4H3. The minimum Gasteiger partial charge on any atom is -0.377 e. The van der Waals surface area contributed by atoms with Gasteiger partial charge in [-0.3, -0.25) is 0 Å². The van der Waals surface area contributed by atoms with Gasteiger partial charge in [0.15, 0.2) is 0 Å². The van der Waals surface area contributed by atoms with Crippen molar-refractivity contribution < 1.29 is 0 Å². The van der Waals surface area contributed by atoms with Crippen molar-refractivity contribution in [3.05, 3.63) is 274 Å². The fourth-order valence-electron chi connectivity index (χ4n) is 10.4. The Morgan fingerprint density at radius 3 is 0.526 bits per heavy atom. The van der Waals surface area contributed by atoms with Crippen LogP contribution in [0.4, 0.5) is 11.4 Å². The first-order chi connectivity index (χ1) is 38.4. The van der Waals surface area contributed by atoms with Gasteiger partial charge in [0.1, 0.15) is 0 Å². The summed E-state index contributed by atoms with van der Waals surface area (Å²) in [6.07, 6.45) is 0. The van der Waals surface area contributed by atoms with E-state index >= 15 is 0 Å². The van der Waals surface area contributed by atoms with Crippen LogP contribution in [0.5, 0.6) is 0 Å². The van der Waals surface area contributed by atoms with Crippen molar-refractivity contribution in [3.63, 3.8) is 0 Å². The summed E-state index contributed by atoms with van der Waals surface area (Å²) in [7, 11) is 8.29. The second-order valence-corrected chi connectivity index (χ2v) is 19.5. The average molecular weight is 989 g/mol. The number of anilines is 2. The molecule has 12 rings (SSSR count). The minimum absolute atomic E-state index is 0.898. The molecule has 0 heterocycles. The zero-order valence-electron chi connectivity index (χ0n) is 43.7. The lowest BCUT2D eigenvalue weighted by atomic mass is 9.98. The van der Waals surface area contributed by atoms with Crippen LogP contribution < -0.4 is 9.80 Å². The molecule has 0 saturated carbocycles. The van der Waals surface area contributed by atoms with Crippen LogP contribution in [-0.2, 0) is 0 Å². The predicted octanol–water partition coefficient (Wildman–Crippen LogP) is 15.7. The predicted molar refractivity (Wildman–Crippen MR) is 330 cm³/mol. The number of rotatable bonds is 2. The van der Waals surface area contributed by atoms with Gasteiger partial charge in [-0.2, -0.15) is 0 Å². The van der Waals surface area contributed by atoms with E-state index in [0.29, 0.717) is 0 Å². The molecule has 0 unspecified atom stereocenters. The second kappa shape index (κ2) is 21.2. The number of hydrogen-bond acceptors (Lipinski definition) is 2. The Balaban J connectivity index is 0.796. The number of benzene rings is 12. The smallest absolute Gasteiger partial charge is 0.0441 e. The molecule has 0 radical (unpaired) electrons. The molecular weight excluding hydrogens is 941 g/mol. The third-order valence-corrected chi connectivity index (χ3v) is 14.2. The summed E-state index contributed by atoms with van der Waals surface area (Å²) in [5.41, 5.74) is 11.9. The molecule has 12 aromatic carbocycles. The van der Waals surface area contributed by atoms with Crippen LogP contribution in [0.15, 0.2) is 218 Å². The lowest BCUT2D eigenvalue weighted by Crippen LogP contribution is -2.08. The summed E-state index contributed by atoms with van der Waals surface area (Å²) >= 11 is 0. The molecule has 78 heavy (non-hydrogen) atoms. The molecule has 0 spiro atoms. The van der Waals surface area contributed by atoms with E-state index in [9.17, 15) is 0 Å². The summed E-state index contributed by atoms with van der Waals surface area (Å²) in [4.78, 5) is 4.28. The van der Waals surface area contributed by atoms with Crippen molar-refractivity contribution in [2.24, 2.45) is 0 Å². The van der Waals surface area contributed by atoms with Crippen molar-refractivity contribution in [2.45, 2.75) is 0 Å². The Morgan fingerprint density at radius 1 is 0.179 bits per heavy atom. The molecule has 2 heteroatoms. The fraction of sp³-hybridized carbons (Fsp3) is 0.0526. The van der Waals surface area contributed by atoms with Gasteiger partial charge < -0.3 is 9.80 Å². The van der Waals surface area contributed by atoms with E-state index < -0.39 is 0 Å². The van der Waals surface area contributed by atoms with Gasteiger partial charge >= 0.3 is 0 Å². The summed E-state index contributed by atoms with van der Waals surface area (Å²) in [5.74, 6) is 41.1. The molecule has 362 valence electrons. The maximum Gasteiger partial charge on any atom is 0.0441 e. The van der Waals surface area contributed by atoms with Crippen LogP contribution >= 0.6 is 0 Å². The molecule has 0 aromatic heterocycles. The molecule has 0 atom stereocenters. The Bertz CT molecular complexity index is 4530. The minimum atomic E-state index is 0.898. The van der Waals surface area contributed by atoms with Gasteiger partial charge in [-0.25, -0.2) is 0 Å². The first-order valence-corrected chi connectivity index (χ1v) is 25.9. The Hall–Kier alpha value is -10.8. The molecule has 0 amide bonds. The zero-order chi connectivity index (χ0) is 53.0. The number of hydrogen-bond donors (Lipinski definition) is 0. The van der Waals surface area contributed by atoms with Crippen molar-refractivity contribution >= 4 is 76.0 Å². The van der Waals surface area contributed by atoms with E-state index in [4.69, 9.17) is 0 Å². The van der Waals surface area contributed by atoms with Crippen molar-refractivity contribution in [1.29, 1.82) is 0 Å². The van der Waals surface area contributed by atoms with Crippen molar-refractivity contribution in [3.8, 4) is 71.0 Å². The zero-order valence-corrected chi connectivity index (χ0v) is 43.7. The van der Waals surface area contributed by atoms with E-state index in [-0.39, 0.29) is 0 Å². The molecule has 0 aliphatic carbocycles. The molecule has 2 nitrogen and oxygen atoms in total. The van der Waals surface area contributed by atoms with E-state index in [1.807, 2.05) is 36.4 Å². The average Bonchev–Trinajstić information content (AvgIpc) is 3.52. The third kappa shape index (κ3) is 9.49. The van der Waals surface area contributed by atoms with Crippen molar-refractivity contribution in [2.75, 3.05) is 38.0 Å². The molecule has 0 bridgehead atoms. The summed E-state index contributed by atoms with van der Waals surface area (Å²) in [6.45, 7) is 0. The molecule has 0 aliphatic rings. The summed E-state index contributed by atoms with van der Waals surface area (Å²) in [5, 5.41) is 13.1. The second-order valence-electron chi connectivity index (χ2n) is 19.5. The molecule has 0 fully saturated rings. The molecule has 0 saturated heterocycles. The Kier molecular flexibility index (Phi) is 13.1. The van der Waals surface area contributed by atoms with Crippen LogP contribution in [0.3, 0.4) is 0 Å². The largest absolute Gasteiger partial charge is 0.377 e. The van der Waals surface area contributed by atoms with Gasteiger partial charge in [0.25, 0.3) is 0 Å². The van der Waals surface area contributed by atoms with E-state index in [0.717, 1.165) is 109 Å². The van der Waals surface area contributed by atoms with Gasteiger partial charge in [0.05, 0.1) is 0 Å². The van der Waals surface area contributed by atoms with Crippen LogP contribution in [0.2, 0.25) is 0 Å². The molecule has 0 N–H and O–H groups in total. The monoisotopic (exact) mass is 988 g/mol. The maximum absolute atomic E-state index is 3.51. The maximum atomic E-state index is 3.51. The van der Waals surface area contributed by atoms with E-state index in [2.05, 4.69) is 291 Å². The van der Waals surface area contributed by atoms with Gasteiger partial charge in [-0.1, -0.05) is 205 Å². The van der Waals surface area contributed by atoms with E-state index in [1.54, 1.807) is 0 Å². The van der Waals surface area contributed by atoms with E-state index in [1.165, 1.54) is 22.1 Å².